The zero-order valence-corrected chi connectivity index (χ0v) is 8.88. The molecule has 1 saturated heterocycles. The first kappa shape index (κ1) is 9.21. The van der Waals surface area contributed by atoms with Gasteiger partial charge in [-0.25, -0.2) is 0 Å². The summed E-state index contributed by atoms with van der Waals surface area (Å²) in [6.45, 7) is 3.01. The van der Waals surface area contributed by atoms with E-state index in [2.05, 4.69) is 10.4 Å². The summed E-state index contributed by atoms with van der Waals surface area (Å²) < 4.78 is 1.82. The van der Waals surface area contributed by atoms with Crippen LogP contribution in [0.1, 0.15) is 24.1 Å². The summed E-state index contributed by atoms with van der Waals surface area (Å²) in [7, 11) is 0. The van der Waals surface area contributed by atoms with Crippen LogP contribution in [0.3, 0.4) is 0 Å². The largest absolute Gasteiger partial charge is 0.316 e. The number of hydrogen-bond donors (Lipinski definition) is 2. The maximum absolute atomic E-state index is 12.0. The van der Waals surface area contributed by atoms with E-state index in [0.717, 1.165) is 44.5 Å². The lowest BCUT2D eigenvalue weighted by molar-refractivity contribution is 0.437. The van der Waals surface area contributed by atoms with Crippen molar-refractivity contribution < 1.29 is 0 Å². The van der Waals surface area contributed by atoms with Crippen LogP contribution in [0.15, 0.2) is 4.79 Å². The van der Waals surface area contributed by atoms with E-state index in [1.807, 2.05) is 4.68 Å². The number of rotatable bonds is 2. The third-order valence-corrected chi connectivity index (χ3v) is 3.59. The fourth-order valence-electron chi connectivity index (χ4n) is 2.74. The highest BCUT2D eigenvalue weighted by molar-refractivity contribution is 5.22. The number of H-pyrrole nitrogens is 1. The van der Waals surface area contributed by atoms with E-state index in [-0.39, 0.29) is 5.56 Å². The summed E-state index contributed by atoms with van der Waals surface area (Å²) in [6, 6.07) is 0. The smallest absolute Gasteiger partial charge is 0.269 e. The van der Waals surface area contributed by atoms with Crippen molar-refractivity contribution in [2.24, 2.45) is 5.92 Å². The van der Waals surface area contributed by atoms with Crippen molar-refractivity contribution in [1.29, 1.82) is 0 Å². The van der Waals surface area contributed by atoms with Gasteiger partial charge in [0.15, 0.2) is 0 Å². The lowest BCUT2D eigenvalue weighted by atomic mass is 10.1. The molecule has 2 aliphatic rings. The van der Waals surface area contributed by atoms with Crippen molar-refractivity contribution in [2.45, 2.75) is 32.2 Å². The molecular weight excluding hydrogens is 190 g/mol. The minimum atomic E-state index is 0.231. The van der Waals surface area contributed by atoms with E-state index in [0.29, 0.717) is 5.92 Å². The summed E-state index contributed by atoms with van der Waals surface area (Å²) in [5.41, 5.74) is 2.46. The molecule has 4 heteroatoms. The van der Waals surface area contributed by atoms with E-state index < -0.39 is 0 Å². The normalized spacial score (nSPS) is 24.7. The van der Waals surface area contributed by atoms with Gasteiger partial charge in [-0.1, -0.05) is 0 Å². The van der Waals surface area contributed by atoms with Gasteiger partial charge in [-0.15, -0.1) is 0 Å². The minimum absolute atomic E-state index is 0.231. The molecule has 1 atom stereocenters. The number of aromatic nitrogens is 2. The molecule has 0 bridgehead atoms. The molecule has 1 aliphatic heterocycles. The summed E-state index contributed by atoms with van der Waals surface area (Å²) >= 11 is 0. The predicted molar refractivity (Wildman–Crippen MR) is 58.1 cm³/mol. The second-order valence-electron chi connectivity index (χ2n) is 4.70. The summed E-state index contributed by atoms with van der Waals surface area (Å²) in [4.78, 5) is 12.0. The molecule has 1 unspecified atom stereocenters. The van der Waals surface area contributed by atoms with Gasteiger partial charge in [-0.05, 0) is 44.7 Å². The first-order valence-corrected chi connectivity index (χ1v) is 5.86. The molecule has 4 nitrogen and oxygen atoms in total. The van der Waals surface area contributed by atoms with Crippen LogP contribution < -0.4 is 10.9 Å². The zero-order valence-electron chi connectivity index (χ0n) is 8.88. The molecule has 1 aliphatic carbocycles. The number of fused-ring (bicyclic) bond motifs is 1. The van der Waals surface area contributed by atoms with Gasteiger partial charge in [0.25, 0.3) is 5.56 Å². The third-order valence-electron chi connectivity index (χ3n) is 3.59. The molecule has 2 heterocycles. The molecule has 1 fully saturated rings. The lowest BCUT2D eigenvalue weighted by Gasteiger charge is -2.08. The fraction of sp³-hybridized carbons (Fsp3) is 0.727. The molecule has 2 N–H and O–H groups in total. The molecule has 1 aromatic rings. The van der Waals surface area contributed by atoms with Gasteiger partial charge in [0, 0.05) is 17.8 Å². The van der Waals surface area contributed by atoms with Crippen LogP contribution in [-0.2, 0) is 19.4 Å². The van der Waals surface area contributed by atoms with Gasteiger partial charge in [0.1, 0.15) is 0 Å². The Balaban J connectivity index is 1.83. The average molecular weight is 207 g/mol. The fourth-order valence-corrected chi connectivity index (χ4v) is 2.74. The van der Waals surface area contributed by atoms with Crippen LogP contribution in [0.5, 0.6) is 0 Å². The van der Waals surface area contributed by atoms with Crippen molar-refractivity contribution in [2.75, 3.05) is 13.1 Å². The maximum atomic E-state index is 12.0. The minimum Gasteiger partial charge on any atom is -0.316 e. The lowest BCUT2D eigenvalue weighted by Crippen LogP contribution is -2.24. The summed E-state index contributed by atoms with van der Waals surface area (Å²) in [6.07, 6.45) is 4.36. The Morgan fingerprint density at radius 2 is 2.33 bits per heavy atom. The summed E-state index contributed by atoms with van der Waals surface area (Å²) in [5, 5.41) is 6.60. The van der Waals surface area contributed by atoms with Crippen molar-refractivity contribution in [3.8, 4) is 0 Å². The SMILES string of the molecule is O=c1c2c([nH]n1CC1CCNC1)CCC2. The van der Waals surface area contributed by atoms with Crippen molar-refractivity contribution in [3.05, 3.63) is 21.6 Å². The van der Waals surface area contributed by atoms with Crippen LogP contribution in [0.4, 0.5) is 0 Å². The average Bonchev–Trinajstić information content (AvgIpc) is 2.89. The quantitative estimate of drug-likeness (QED) is 0.731. The van der Waals surface area contributed by atoms with Gasteiger partial charge in [0.2, 0.25) is 0 Å². The van der Waals surface area contributed by atoms with Gasteiger partial charge < -0.3 is 5.32 Å². The molecule has 0 saturated carbocycles. The van der Waals surface area contributed by atoms with Crippen LogP contribution in [0, 0.1) is 5.92 Å². The summed E-state index contributed by atoms with van der Waals surface area (Å²) in [5.74, 6) is 0.626. The molecular formula is C11H17N3O. The molecule has 3 rings (SSSR count). The molecule has 0 spiro atoms. The van der Waals surface area contributed by atoms with E-state index >= 15 is 0 Å². The Bertz CT molecular complexity index is 412. The predicted octanol–water partition coefficient (Wildman–Crippen LogP) is 0.275. The molecule has 15 heavy (non-hydrogen) atoms. The molecule has 82 valence electrons. The van der Waals surface area contributed by atoms with E-state index in [1.165, 1.54) is 12.1 Å². The Kier molecular flexibility index (Phi) is 2.16. The number of nitrogens with zero attached hydrogens (tertiary/aromatic N) is 1. The van der Waals surface area contributed by atoms with Crippen molar-refractivity contribution in [3.63, 3.8) is 0 Å². The van der Waals surface area contributed by atoms with Crippen LogP contribution in [0.25, 0.3) is 0 Å². The first-order chi connectivity index (χ1) is 7.34. The molecule has 0 aromatic carbocycles. The van der Waals surface area contributed by atoms with E-state index in [1.54, 1.807) is 0 Å². The van der Waals surface area contributed by atoms with Crippen molar-refractivity contribution >= 4 is 0 Å². The Morgan fingerprint density at radius 3 is 3.07 bits per heavy atom. The standard InChI is InChI=1S/C11H17N3O/c15-11-9-2-1-3-10(9)13-14(11)7-8-4-5-12-6-8/h8,12-13H,1-7H2. The van der Waals surface area contributed by atoms with E-state index in [4.69, 9.17) is 0 Å². The highest BCUT2D eigenvalue weighted by Crippen LogP contribution is 2.17. The Labute approximate surface area is 88.7 Å². The first-order valence-electron chi connectivity index (χ1n) is 5.86. The van der Waals surface area contributed by atoms with Crippen molar-refractivity contribution in [1.82, 2.24) is 15.1 Å². The third kappa shape index (κ3) is 1.53. The van der Waals surface area contributed by atoms with Crippen LogP contribution >= 0.6 is 0 Å². The highest BCUT2D eigenvalue weighted by Gasteiger charge is 2.21. The topological polar surface area (TPSA) is 49.8 Å². The number of aromatic amines is 1. The maximum Gasteiger partial charge on any atom is 0.269 e. The highest BCUT2D eigenvalue weighted by atomic mass is 16.1. The van der Waals surface area contributed by atoms with E-state index in [9.17, 15) is 4.79 Å². The number of aryl methyl sites for hydroxylation is 1. The van der Waals surface area contributed by atoms with Gasteiger partial charge in [-0.3, -0.25) is 14.6 Å². The number of hydrogen-bond acceptors (Lipinski definition) is 2. The zero-order chi connectivity index (χ0) is 10.3. The van der Waals surface area contributed by atoms with Crippen LogP contribution in [0.2, 0.25) is 0 Å². The second-order valence-corrected chi connectivity index (χ2v) is 4.70. The molecule has 1 aromatic heterocycles. The van der Waals surface area contributed by atoms with Gasteiger partial charge in [-0.2, -0.15) is 0 Å². The Morgan fingerprint density at radius 1 is 1.40 bits per heavy atom. The molecule has 0 amide bonds. The van der Waals surface area contributed by atoms with Crippen LogP contribution in [-0.4, -0.2) is 22.9 Å². The Hall–Kier alpha value is -1.03. The second kappa shape index (κ2) is 3.52. The van der Waals surface area contributed by atoms with Gasteiger partial charge in [0.05, 0.1) is 0 Å². The number of nitrogens with one attached hydrogen (secondary N) is 2. The molecule has 0 radical (unpaired) electrons. The van der Waals surface area contributed by atoms with Gasteiger partial charge >= 0.3 is 0 Å². The monoisotopic (exact) mass is 207 g/mol.